The number of fused-ring (bicyclic) bond motifs is 2. The van der Waals surface area contributed by atoms with Crippen molar-refractivity contribution in [3.8, 4) is 11.5 Å². The zero-order chi connectivity index (χ0) is 36.3. The lowest BCUT2D eigenvalue weighted by Gasteiger charge is -2.38. The molecule has 1 fully saturated rings. The van der Waals surface area contributed by atoms with Gasteiger partial charge in [0.05, 0.1) is 47.0 Å². The number of hydrogen-bond acceptors (Lipinski definition) is 13. The second-order valence-corrected chi connectivity index (χ2v) is 17.1. The minimum atomic E-state index is -1.98. The summed E-state index contributed by atoms with van der Waals surface area (Å²) >= 11 is 0. The van der Waals surface area contributed by atoms with Crippen molar-refractivity contribution in [3.63, 3.8) is 0 Å². The number of rotatable bonds is 8. The van der Waals surface area contributed by atoms with Crippen molar-refractivity contribution in [3.05, 3.63) is 74.7 Å². The zero-order valence-corrected chi connectivity index (χ0v) is 30.1. The zero-order valence-electron chi connectivity index (χ0n) is 28.4. The average molecular weight is 741 g/mol. The van der Waals surface area contributed by atoms with Gasteiger partial charge in [0, 0.05) is 30.1 Å². The third kappa shape index (κ3) is 6.36. The average Bonchev–Trinajstić information content (AvgIpc) is 3.78. The Labute approximate surface area is 302 Å². The molecule has 2 bridgehead atoms. The monoisotopic (exact) mass is 740 g/mol. The third-order valence-electron chi connectivity index (χ3n) is 10.4. The first kappa shape index (κ1) is 35.9. The molecule has 274 valence electrons. The highest BCUT2D eigenvalue weighted by molar-refractivity contribution is 8.76. The number of benzene rings is 2. The van der Waals surface area contributed by atoms with Gasteiger partial charge in [-0.2, -0.15) is 0 Å². The van der Waals surface area contributed by atoms with Gasteiger partial charge in [0.15, 0.2) is 5.96 Å². The Bertz CT molecular complexity index is 1940. The largest absolute Gasteiger partial charge is 0.489 e. The fourth-order valence-electron chi connectivity index (χ4n) is 7.79. The van der Waals surface area contributed by atoms with Crippen molar-refractivity contribution in [1.82, 2.24) is 0 Å². The van der Waals surface area contributed by atoms with Crippen LogP contribution in [0.5, 0.6) is 11.5 Å². The first-order valence-corrected chi connectivity index (χ1v) is 19.5. The number of aliphatic hydroxyl groups is 4. The lowest BCUT2D eigenvalue weighted by atomic mass is 9.74. The molecule has 7 rings (SSSR count). The SMILES string of the molecule is CC(C)(O)C1Cc2c(c3c4oc5c(c(=O)c4c2OC2CCCC2)C(c2ccc(NO)cc2)C=CC5(O)CC(CO)(N=C(N)N)CSSC3CO)O1. The van der Waals surface area contributed by atoms with Gasteiger partial charge in [0.1, 0.15) is 45.5 Å². The van der Waals surface area contributed by atoms with Crippen LogP contribution < -0.4 is 31.8 Å². The van der Waals surface area contributed by atoms with E-state index >= 15 is 4.79 Å². The Kier molecular flexibility index (Phi) is 9.53. The van der Waals surface area contributed by atoms with Crippen molar-refractivity contribution in [2.24, 2.45) is 16.5 Å². The van der Waals surface area contributed by atoms with Gasteiger partial charge in [-0.05, 0) is 63.3 Å². The summed E-state index contributed by atoms with van der Waals surface area (Å²) in [6, 6.07) is 6.85. The molecule has 0 amide bonds. The number of ether oxygens (including phenoxy) is 2. The maximum atomic E-state index is 15.4. The van der Waals surface area contributed by atoms with Crippen molar-refractivity contribution in [2.75, 3.05) is 24.4 Å². The number of nitrogens with two attached hydrogens (primary N) is 2. The number of nitrogens with zero attached hydrogens (tertiary/aromatic N) is 1. The molecular formula is C36H44N4O9S2. The van der Waals surface area contributed by atoms with Crippen LogP contribution in [0, 0.1) is 0 Å². The second-order valence-electron chi connectivity index (χ2n) is 14.5. The molecule has 15 heteroatoms. The third-order valence-corrected chi connectivity index (χ3v) is 13.2. The molecule has 0 radical (unpaired) electrons. The maximum Gasteiger partial charge on any atom is 0.201 e. The van der Waals surface area contributed by atoms with Crippen LogP contribution in [0.25, 0.3) is 11.0 Å². The van der Waals surface area contributed by atoms with E-state index in [4.69, 9.17) is 25.4 Å². The first-order chi connectivity index (χ1) is 24.3. The summed E-state index contributed by atoms with van der Waals surface area (Å²) in [7, 11) is 2.57. The van der Waals surface area contributed by atoms with Gasteiger partial charge in [0.25, 0.3) is 0 Å². The lowest BCUT2D eigenvalue weighted by Crippen LogP contribution is -2.46. The smallest absolute Gasteiger partial charge is 0.201 e. The highest BCUT2D eigenvalue weighted by atomic mass is 33.1. The molecule has 3 aromatic rings. The summed E-state index contributed by atoms with van der Waals surface area (Å²) in [4.78, 5) is 19.8. The summed E-state index contributed by atoms with van der Waals surface area (Å²) in [6.45, 7) is 2.39. The first-order valence-electron chi connectivity index (χ1n) is 17.1. The van der Waals surface area contributed by atoms with Crippen LogP contribution in [0.1, 0.15) is 85.1 Å². The van der Waals surface area contributed by atoms with E-state index in [2.05, 4.69) is 10.5 Å². The molecule has 1 saturated carbocycles. The number of aliphatic hydroxyl groups excluding tert-OH is 2. The fraction of sp³-hybridized carbons (Fsp3) is 0.500. The number of aliphatic imine (C=N–C) groups is 1. The van der Waals surface area contributed by atoms with Gasteiger partial charge in [-0.25, -0.2) is 4.99 Å². The molecule has 5 atom stereocenters. The van der Waals surface area contributed by atoms with Crippen molar-refractivity contribution in [2.45, 2.75) is 92.5 Å². The molecule has 0 spiro atoms. The Balaban J connectivity index is 1.59. The van der Waals surface area contributed by atoms with Gasteiger partial charge >= 0.3 is 0 Å². The number of guanidine groups is 1. The molecule has 10 N–H and O–H groups in total. The summed E-state index contributed by atoms with van der Waals surface area (Å²) in [5, 5.41) is 54.5. The molecule has 2 aliphatic carbocycles. The van der Waals surface area contributed by atoms with E-state index in [0.717, 1.165) is 25.7 Å². The van der Waals surface area contributed by atoms with E-state index in [1.807, 2.05) is 0 Å². The Morgan fingerprint density at radius 1 is 1.16 bits per heavy atom. The van der Waals surface area contributed by atoms with Gasteiger partial charge < -0.3 is 45.8 Å². The summed E-state index contributed by atoms with van der Waals surface area (Å²) in [5.41, 5.74) is 11.2. The Morgan fingerprint density at radius 3 is 2.51 bits per heavy atom. The quantitative estimate of drug-likeness (QED) is 0.0542. The van der Waals surface area contributed by atoms with Gasteiger partial charge in [-0.1, -0.05) is 39.8 Å². The van der Waals surface area contributed by atoms with Crippen LogP contribution in [0.15, 0.2) is 50.6 Å². The number of allylic oxidation sites excluding steroid dienone is 1. The molecule has 3 heterocycles. The van der Waals surface area contributed by atoms with Crippen LogP contribution in [-0.2, 0) is 12.0 Å². The normalized spacial score (nSPS) is 27.5. The second kappa shape index (κ2) is 13.5. The van der Waals surface area contributed by atoms with Crippen molar-refractivity contribution in [1.29, 1.82) is 0 Å². The topological polar surface area (TPSA) is 226 Å². The van der Waals surface area contributed by atoms with E-state index in [1.165, 1.54) is 21.6 Å². The molecule has 0 saturated heterocycles. The van der Waals surface area contributed by atoms with Crippen LogP contribution in [0.4, 0.5) is 5.69 Å². The molecule has 13 nitrogen and oxygen atoms in total. The molecule has 2 aromatic carbocycles. The van der Waals surface area contributed by atoms with Crippen LogP contribution >= 0.6 is 21.6 Å². The maximum absolute atomic E-state index is 15.4. The van der Waals surface area contributed by atoms with E-state index in [0.29, 0.717) is 33.9 Å². The Morgan fingerprint density at radius 2 is 1.88 bits per heavy atom. The van der Waals surface area contributed by atoms with E-state index in [1.54, 1.807) is 50.3 Å². The van der Waals surface area contributed by atoms with Gasteiger partial charge in [-0.3, -0.25) is 15.5 Å². The number of nitrogens with one attached hydrogen (secondary N) is 1. The molecule has 2 aliphatic heterocycles. The minimum absolute atomic E-state index is 0.0564. The molecule has 5 unspecified atom stereocenters. The summed E-state index contributed by atoms with van der Waals surface area (Å²) in [5.74, 6) is -0.230. The highest BCUT2D eigenvalue weighted by Gasteiger charge is 2.49. The minimum Gasteiger partial charge on any atom is -0.489 e. The van der Waals surface area contributed by atoms with Crippen LogP contribution in [0.3, 0.4) is 0 Å². The van der Waals surface area contributed by atoms with Crippen molar-refractivity contribution >= 4 is 44.2 Å². The van der Waals surface area contributed by atoms with Crippen LogP contribution in [0.2, 0.25) is 0 Å². The highest BCUT2D eigenvalue weighted by Crippen LogP contribution is 2.56. The van der Waals surface area contributed by atoms with Gasteiger partial charge in [0.2, 0.25) is 5.43 Å². The molecule has 51 heavy (non-hydrogen) atoms. The van der Waals surface area contributed by atoms with Crippen molar-refractivity contribution < 1.29 is 39.5 Å². The number of anilines is 1. The van der Waals surface area contributed by atoms with Gasteiger partial charge in [-0.15, -0.1) is 0 Å². The standard InChI is InChI=1S/C36H44N4O9S2/c1-34(2,44)24-13-22-29(48-24)26-23(14-41)51-50-17-35(16-42,39-33(37)38)15-36(45)12-11-21(18-7-9-19(40-46)10-8-18)25-28(43)27(31(26)49-32(25)36)30(22)47-20-5-3-4-6-20/h7-12,20-21,23-24,40-42,44-46H,3-6,13-17H2,1-2H3,(H4,37,38,39). The number of hydrogen-bond donors (Lipinski definition) is 8. The molecular weight excluding hydrogens is 697 g/mol. The van der Waals surface area contributed by atoms with Crippen LogP contribution in [-0.4, -0.2) is 73.9 Å². The predicted octanol–water partition coefficient (Wildman–Crippen LogP) is 3.70. The van der Waals surface area contributed by atoms with E-state index in [9.17, 15) is 25.6 Å². The molecule has 4 aliphatic rings. The predicted molar refractivity (Wildman–Crippen MR) is 197 cm³/mol. The van der Waals surface area contributed by atoms with E-state index < -0.39 is 46.0 Å². The lowest BCUT2D eigenvalue weighted by molar-refractivity contribution is -0.0233. The van der Waals surface area contributed by atoms with E-state index in [-0.39, 0.29) is 59.6 Å². The fourth-order valence-corrected chi connectivity index (χ4v) is 10.7. The Hall–Kier alpha value is -3.44. The summed E-state index contributed by atoms with van der Waals surface area (Å²) < 4.78 is 20.2. The summed E-state index contributed by atoms with van der Waals surface area (Å²) in [6.07, 6.45) is 6.00. The molecule has 1 aromatic heterocycles.